The van der Waals surface area contributed by atoms with Crippen LogP contribution in [0.5, 0.6) is 5.75 Å². The molecule has 0 bridgehead atoms. The van der Waals surface area contributed by atoms with Crippen LogP contribution in [0.15, 0.2) is 80.5 Å². The first-order chi connectivity index (χ1) is 18.4. The number of fused-ring (bicyclic) bond motifs is 3. The Kier molecular flexibility index (Phi) is 6.12. The summed E-state index contributed by atoms with van der Waals surface area (Å²) in [5, 5.41) is 1.41. The second kappa shape index (κ2) is 9.49. The Bertz CT molecular complexity index is 1610. The highest BCUT2D eigenvalue weighted by Crippen LogP contribution is 2.51. The van der Waals surface area contributed by atoms with E-state index in [4.69, 9.17) is 9.73 Å². The van der Waals surface area contributed by atoms with E-state index in [9.17, 15) is 14.4 Å². The number of nitrogens with zero attached hydrogens (tertiary/aromatic N) is 3. The maximum atomic E-state index is 13.5. The summed E-state index contributed by atoms with van der Waals surface area (Å²) in [7, 11) is 1.64. The topological polar surface area (TPSA) is 79.3 Å². The number of amides is 1. The lowest BCUT2D eigenvalue weighted by molar-refractivity contribution is -0.122. The van der Waals surface area contributed by atoms with Gasteiger partial charge < -0.3 is 9.64 Å². The van der Waals surface area contributed by atoms with E-state index >= 15 is 0 Å². The Hall–Kier alpha value is -3.82. The molecule has 0 spiro atoms. The van der Waals surface area contributed by atoms with Gasteiger partial charge in [0.25, 0.3) is 5.91 Å². The van der Waals surface area contributed by atoms with Crippen molar-refractivity contribution in [3.8, 4) is 5.75 Å². The molecule has 0 N–H and O–H groups in total. The Morgan fingerprint density at radius 1 is 0.789 bits per heavy atom. The van der Waals surface area contributed by atoms with E-state index in [2.05, 4.69) is 11.8 Å². The van der Waals surface area contributed by atoms with E-state index in [-0.39, 0.29) is 17.5 Å². The molecule has 6 rings (SSSR count). The highest BCUT2D eigenvalue weighted by molar-refractivity contribution is 8.19. The number of amidine groups is 1. The van der Waals surface area contributed by atoms with Gasteiger partial charge in [0.2, 0.25) is 0 Å². The molecule has 3 aromatic rings. The predicted octanol–water partition coefficient (Wildman–Crippen LogP) is 5.85. The molecule has 2 aliphatic heterocycles. The number of hydrogen-bond acceptors (Lipinski definition) is 8. The molecule has 0 radical (unpaired) electrons. The van der Waals surface area contributed by atoms with Crippen LogP contribution in [0.3, 0.4) is 0 Å². The third-order valence-electron chi connectivity index (χ3n) is 6.73. The first-order valence-corrected chi connectivity index (χ1v) is 13.9. The van der Waals surface area contributed by atoms with Gasteiger partial charge in [-0.05, 0) is 55.9 Å². The first-order valence-electron chi connectivity index (χ1n) is 12.2. The number of ether oxygens (including phenoxy) is 1. The van der Waals surface area contributed by atoms with Crippen LogP contribution in [-0.2, 0) is 4.79 Å². The molecule has 1 fully saturated rings. The fourth-order valence-corrected chi connectivity index (χ4v) is 7.27. The van der Waals surface area contributed by atoms with Crippen molar-refractivity contribution in [1.82, 2.24) is 4.90 Å². The fourth-order valence-electron chi connectivity index (χ4n) is 4.84. The molecule has 0 atom stereocenters. The average Bonchev–Trinajstić information content (AvgIpc) is 3.47. The van der Waals surface area contributed by atoms with Gasteiger partial charge in [0, 0.05) is 46.3 Å². The molecule has 1 aliphatic carbocycles. The van der Waals surface area contributed by atoms with Crippen LogP contribution in [-0.4, -0.2) is 47.7 Å². The molecule has 190 valence electrons. The third kappa shape index (κ3) is 3.76. The zero-order valence-electron chi connectivity index (χ0n) is 21.0. The van der Waals surface area contributed by atoms with Crippen LogP contribution >= 0.6 is 23.5 Å². The van der Waals surface area contributed by atoms with Crippen molar-refractivity contribution in [1.29, 1.82) is 0 Å². The Labute approximate surface area is 228 Å². The Balaban J connectivity index is 1.37. The molecule has 1 saturated heterocycles. The van der Waals surface area contributed by atoms with E-state index in [1.807, 2.05) is 25.1 Å². The molecule has 0 unspecified atom stereocenters. The summed E-state index contributed by atoms with van der Waals surface area (Å²) in [5.41, 5.74) is 3.05. The van der Waals surface area contributed by atoms with E-state index in [1.54, 1.807) is 66.2 Å². The minimum absolute atomic E-state index is 0.102. The van der Waals surface area contributed by atoms with Crippen molar-refractivity contribution < 1.29 is 19.1 Å². The van der Waals surface area contributed by atoms with Crippen LogP contribution in [0.4, 0.5) is 11.4 Å². The van der Waals surface area contributed by atoms with Gasteiger partial charge in [0.15, 0.2) is 16.7 Å². The lowest BCUT2D eigenvalue weighted by atomic mass is 9.84. The zero-order chi connectivity index (χ0) is 26.6. The second-order valence-electron chi connectivity index (χ2n) is 8.79. The second-order valence-corrected chi connectivity index (χ2v) is 10.8. The standard InChI is InChI=1S/C29H23N3O4S2/c1-4-31-22-15-17(36-3)11-13-23(22)37-28(31)26-27(35)32(5-2)29(38-26)30-16-10-12-20-21(14-16)25(34)19-9-7-6-8-18(19)24(20)33/h6-15H,4-5H2,1-3H3. The van der Waals surface area contributed by atoms with Crippen LogP contribution in [0.1, 0.15) is 45.7 Å². The number of ketones is 2. The summed E-state index contributed by atoms with van der Waals surface area (Å²) in [6.07, 6.45) is 0. The maximum absolute atomic E-state index is 13.5. The molecule has 7 nitrogen and oxygen atoms in total. The molecule has 1 amide bonds. The Morgan fingerprint density at radius 3 is 2.16 bits per heavy atom. The minimum atomic E-state index is -0.198. The molecular formula is C29H23N3O4S2. The monoisotopic (exact) mass is 541 g/mol. The number of methoxy groups -OCH3 is 1. The van der Waals surface area contributed by atoms with Crippen LogP contribution in [0.2, 0.25) is 0 Å². The number of aliphatic imine (C=N–C) groups is 1. The van der Waals surface area contributed by atoms with Crippen LogP contribution < -0.4 is 9.64 Å². The third-order valence-corrected chi connectivity index (χ3v) is 9.11. The van der Waals surface area contributed by atoms with Gasteiger partial charge >= 0.3 is 0 Å². The van der Waals surface area contributed by atoms with Crippen molar-refractivity contribution in [2.24, 2.45) is 4.99 Å². The lowest BCUT2D eigenvalue weighted by Gasteiger charge is -2.19. The van der Waals surface area contributed by atoms with E-state index in [0.29, 0.717) is 51.1 Å². The van der Waals surface area contributed by atoms with Gasteiger partial charge in [-0.2, -0.15) is 0 Å². The largest absolute Gasteiger partial charge is 0.497 e. The summed E-state index contributed by atoms with van der Waals surface area (Å²) >= 11 is 2.90. The normalized spacial score (nSPS) is 19.2. The molecular weight excluding hydrogens is 518 g/mol. The van der Waals surface area contributed by atoms with E-state index < -0.39 is 0 Å². The minimum Gasteiger partial charge on any atom is -0.497 e. The highest BCUT2D eigenvalue weighted by Gasteiger charge is 2.39. The summed E-state index contributed by atoms with van der Waals surface area (Å²) in [4.78, 5) is 49.9. The number of carbonyl (C=O) groups is 3. The van der Waals surface area contributed by atoms with Crippen molar-refractivity contribution >= 4 is 57.5 Å². The van der Waals surface area contributed by atoms with Gasteiger partial charge in [0.05, 0.1) is 18.5 Å². The van der Waals surface area contributed by atoms with Crippen LogP contribution in [0.25, 0.3) is 0 Å². The number of carbonyl (C=O) groups excluding carboxylic acids is 3. The SMILES string of the molecule is CCN1C(=O)C(=C2Sc3ccc(OC)cc3N2CC)SC1=Nc1ccc2c(c1)C(=O)c1ccccc1C2=O. The highest BCUT2D eigenvalue weighted by atomic mass is 32.2. The summed E-state index contributed by atoms with van der Waals surface area (Å²) in [6, 6.07) is 17.8. The zero-order valence-corrected chi connectivity index (χ0v) is 22.6. The summed E-state index contributed by atoms with van der Waals surface area (Å²) < 4.78 is 5.41. The Morgan fingerprint density at radius 2 is 1.47 bits per heavy atom. The summed E-state index contributed by atoms with van der Waals surface area (Å²) in [5.74, 6) is 0.294. The number of rotatable bonds is 4. The lowest BCUT2D eigenvalue weighted by Crippen LogP contribution is -2.29. The summed E-state index contributed by atoms with van der Waals surface area (Å²) in [6.45, 7) is 5.11. The predicted molar refractivity (Wildman–Crippen MR) is 151 cm³/mol. The van der Waals surface area contributed by atoms with Gasteiger partial charge in [0.1, 0.15) is 15.7 Å². The number of anilines is 1. The average molecular weight is 542 g/mol. The molecule has 3 aliphatic rings. The number of likely N-dealkylation sites (N-methyl/N-ethyl adjacent to an activating group) is 1. The number of thioether (sulfide) groups is 2. The molecule has 0 saturated carbocycles. The molecule has 3 aromatic carbocycles. The van der Waals surface area contributed by atoms with Crippen molar-refractivity contribution in [2.45, 2.75) is 18.7 Å². The quantitative estimate of drug-likeness (QED) is 0.300. The molecule has 9 heteroatoms. The van der Waals surface area contributed by atoms with Crippen molar-refractivity contribution in [3.63, 3.8) is 0 Å². The maximum Gasteiger partial charge on any atom is 0.269 e. The molecule has 38 heavy (non-hydrogen) atoms. The van der Waals surface area contributed by atoms with Gasteiger partial charge in [-0.1, -0.05) is 36.0 Å². The van der Waals surface area contributed by atoms with Gasteiger partial charge in [-0.3, -0.25) is 19.3 Å². The number of benzene rings is 3. The molecule has 0 aromatic heterocycles. The molecule has 2 heterocycles. The van der Waals surface area contributed by atoms with Crippen molar-refractivity contribution in [3.05, 3.63) is 92.9 Å². The van der Waals surface area contributed by atoms with Crippen molar-refractivity contribution in [2.75, 3.05) is 25.1 Å². The smallest absolute Gasteiger partial charge is 0.269 e. The fraction of sp³-hybridized carbons (Fsp3) is 0.172. The first kappa shape index (κ1) is 24.5. The van der Waals surface area contributed by atoms with Gasteiger partial charge in [-0.15, -0.1) is 0 Å². The van der Waals surface area contributed by atoms with Gasteiger partial charge in [-0.25, -0.2) is 4.99 Å². The van der Waals surface area contributed by atoms with E-state index in [1.165, 1.54) is 11.8 Å². The van der Waals surface area contributed by atoms with E-state index in [0.717, 1.165) is 21.4 Å². The number of hydrogen-bond donors (Lipinski definition) is 0. The van der Waals surface area contributed by atoms with Crippen LogP contribution in [0, 0.1) is 0 Å².